The van der Waals surface area contributed by atoms with Gasteiger partial charge in [-0.05, 0) is 43.5 Å². The topological polar surface area (TPSA) is 69.6 Å². The fraction of sp³-hybridized carbons (Fsp3) is 0.500. The van der Waals surface area contributed by atoms with E-state index in [1.807, 2.05) is 0 Å². The van der Waals surface area contributed by atoms with E-state index in [4.69, 9.17) is 0 Å². The van der Waals surface area contributed by atoms with E-state index >= 15 is 0 Å². The summed E-state index contributed by atoms with van der Waals surface area (Å²) in [6.07, 6.45) is 3.19. The molecule has 1 amide bonds. The van der Waals surface area contributed by atoms with Crippen molar-refractivity contribution in [3.8, 4) is 5.75 Å². The van der Waals surface area contributed by atoms with Crippen LogP contribution < -0.4 is 5.32 Å². The predicted molar refractivity (Wildman–Crippen MR) is 68.6 cm³/mol. The van der Waals surface area contributed by atoms with Crippen LogP contribution in [-0.2, 0) is 0 Å². The molecule has 0 spiro atoms. The Morgan fingerprint density at radius 1 is 1.33 bits per heavy atom. The summed E-state index contributed by atoms with van der Waals surface area (Å²) in [6, 6.07) is 4.61. The first-order valence-electron chi connectivity index (χ1n) is 6.36. The van der Waals surface area contributed by atoms with Crippen molar-refractivity contribution in [1.29, 1.82) is 0 Å². The van der Waals surface area contributed by atoms with Crippen LogP contribution in [0.4, 0.5) is 0 Å². The number of carbonyl (C=O) groups excluding carboxylic acids is 1. The van der Waals surface area contributed by atoms with Crippen LogP contribution in [0.2, 0.25) is 0 Å². The van der Waals surface area contributed by atoms with E-state index in [1.54, 1.807) is 19.1 Å². The third-order valence-corrected chi connectivity index (χ3v) is 3.50. The van der Waals surface area contributed by atoms with Crippen molar-refractivity contribution in [1.82, 2.24) is 5.32 Å². The van der Waals surface area contributed by atoms with Gasteiger partial charge >= 0.3 is 0 Å². The highest BCUT2D eigenvalue weighted by Gasteiger charge is 2.24. The zero-order valence-electron chi connectivity index (χ0n) is 10.5. The van der Waals surface area contributed by atoms with Gasteiger partial charge in [0.25, 0.3) is 5.91 Å². The zero-order valence-corrected chi connectivity index (χ0v) is 10.5. The summed E-state index contributed by atoms with van der Waals surface area (Å²) < 4.78 is 0. The van der Waals surface area contributed by atoms with Crippen molar-refractivity contribution in [2.24, 2.45) is 0 Å². The molecule has 0 saturated heterocycles. The molecule has 2 rings (SSSR count). The minimum Gasteiger partial charge on any atom is -0.508 e. The summed E-state index contributed by atoms with van der Waals surface area (Å²) >= 11 is 0. The molecule has 1 aromatic carbocycles. The SMILES string of the molecule is Cc1cc(C(=O)NC2CCCCC2O)ccc1O. The van der Waals surface area contributed by atoms with Crippen LogP contribution in [-0.4, -0.2) is 28.3 Å². The molecule has 0 radical (unpaired) electrons. The number of carbonyl (C=O) groups is 1. The van der Waals surface area contributed by atoms with Crippen molar-refractivity contribution in [3.63, 3.8) is 0 Å². The monoisotopic (exact) mass is 249 g/mol. The minimum absolute atomic E-state index is 0.152. The maximum atomic E-state index is 12.0. The van der Waals surface area contributed by atoms with Crippen molar-refractivity contribution in [3.05, 3.63) is 29.3 Å². The molecule has 2 unspecified atom stereocenters. The Morgan fingerprint density at radius 2 is 2.06 bits per heavy atom. The van der Waals surface area contributed by atoms with Crippen LogP contribution in [0.1, 0.15) is 41.6 Å². The third-order valence-electron chi connectivity index (χ3n) is 3.50. The summed E-state index contributed by atoms with van der Waals surface area (Å²) in [5, 5.41) is 22.1. The van der Waals surface area contributed by atoms with Crippen molar-refractivity contribution in [2.45, 2.75) is 44.8 Å². The Labute approximate surface area is 107 Å². The number of phenolic OH excluding ortho intramolecular Hbond substituents is 1. The Morgan fingerprint density at radius 3 is 2.72 bits per heavy atom. The second kappa shape index (κ2) is 5.40. The summed E-state index contributed by atoms with van der Waals surface area (Å²) in [5.74, 6) is -0.00620. The number of rotatable bonds is 2. The Bertz CT molecular complexity index is 445. The molecule has 1 saturated carbocycles. The van der Waals surface area contributed by atoms with E-state index in [1.165, 1.54) is 6.07 Å². The van der Waals surface area contributed by atoms with Crippen molar-refractivity contribution in [2.75, 3.05) is 0 Å². The molecule has 18 heavy (non-hydrogen) atoms. The molecule has 1 aromatic rings. The smallest absolute Gasteiger partial charge is 0.251 e. The van der Waals surface area contributed by atoms with Gasteiger partial charge in [-0.2, -0.15) is 0 Å². The lowest BCUT2D eigenvalue weighted by Gasteiger charge is -2.28. The predicted octanol–water partition coefficient (Wildman–Crippen LogP) is 1.73. The molecule has 0 aromatic heterocycles. The minimum atomic E-state index is -0.444. The quantitative estimate of drug-likeness (QED) is 0.747. The van der Waals surface area contributed by atoms with Gasteiger partial charge in [0, 0.05) is 5.56 Å². The number of aliphatic hydroxyl groups excluding tert-OH is 1. The molecular weight excluding hydrogens is 230 g/mol. The largest absolute Gasteiger partial charge is 0.508 e. The second-order valence-electron chi connectivity index (χ2n) is 4.93. The summed E-state index contributed by atoms with van der Waals surface area (Å²) in [6.45, 7) is 1.75. The molecule has 0 heterocycles. The average molecular weight is 249 g/mol. The van der Waals surface area contributed by atoms with Crippen LogP contribution >= 0.6 is 0 Å². The lowest BCUT2D eigenvalue weighted by molar-refractivity contribution is 0.0717. The van der Waals surface area contributed by atoms with E-state index in [0.717, 1.165) is 25.7 Å². The first-order valence-corrected chi connectivity index (χ1v) is 6.36. The Balaban J connectivity index is 2.04. The molecule has 0 bridgehead atoms. The first kappa shape index (κ1) is 12.9. The maximum Gasteiger partial charge on any atom is 0.251 e. The number of nitrogens with one attached hydrogen (secondary N) is 1. The highest BCUT2D eigenvalue weighted by molar-refractivity contribution is 5.94. The van der Waals surface area contributed by atoms with Crippen LogP contribution in [0.3, 0.4) is 0 Å². The average Bonchev–Trinajstić information content (AvgIpc) is 2.35. The number of aryl methyl sites for hydroxylation is 1. The molecular formula is C14H19NO3. The number of aliphatic hydroxyl groups is 1. The number of benzene rings is 1. The summed E-state index contributed by atoms with van der Waals surface area (Å²) in [7, 11) is 0. The molecule has 4 nitrogen and oxygen atoms in total. The van der Waals surface area contributed by atoms with Gasteiger partial charge in [0.05, 0.1) is 12.1 Å². The van der Waals surface area contributed by atoms with Gasteiger partial charge in [-0.15, -0.1) is 0 Å². The normalized spacial score (nSPS) is 23.7. The fourth-order valence-corrected chi connectivity index (χ4v) is 2.33. The van der Waals surface area contributed by atoms with E-state index in [0.29, 0.717) is 11.1 Å². The molecule has 1 aliphatic carbocycles. The summed E-state index contributed by atoms with van der Waals surface area (Å²) in [4.78, 5) is 12.0. The van der Waals surface area contributed by atoms with Gasteiger partial charge in [-0.1, -0.05) is 12.8 Å². The molecule has 3 N–H and O–H groups in total. The van der Waals surface area contributed by atoms with E-state index in [2.05, 4.69) is 5.32 Å². The molecule has 0 aliphatic heterocycles. The zero-order chi connectivity index (χ0) is 13.1. The Hall–Kier alpha value is -1.55. The van der Waals surface area contributed by atoms with Gasteiger partial charge in [0.15, 0.2) is 0 Å². The summed E-state index contributed by atoms with van der Waals surface area (Å²) in [5.41, 5.74) is 1.19. The molecule has 4 heteroatoms. The van der Waals surface area contributed by atoms with Gasteiger partial charge in [-0.25, -0.2) is 0 Å². The van der Waals surface area contributed by atoms with Crippen LogP contribution in [0.5, 0.6) is 5.75 Å². The standard InChI is InChI=1S/C14H19NO3/c1-9-8-10(6-7-12(9)16)14(18)15-11-4-2-3-5-13(11)17/h6-8,11,13,16-17H,2-5H2,1H3,(H,15,18). The fourth-order valence-electron chi connectivity index (χ4n) is 2.33. The number of hydrogen-bond donors (Lipinski definition) is 3. The van der Waals surface area contributed by atoms with Crippen LogP contribution in [0.15, 0.2) is 18.2 Å². The lowest BCUT2D eigenvalue weighted by Crippen LogP contribution is -2.45. The van der Waals surface area contributed by atoms with Crippen LogP contribution in [0.25, 0.3) is 0 Å². The van der Waals surface area contributed by atoms with Gasteiger partial charge in [-0.3, -0.25) is 4.79 Å². The lowest BCUT2D eigenvalue weighted by atomic mass is 9.92. The van der Waals surface area contributed by atoms with Gasteiger partial charge in [0.1, 0.15) is 5.75 Å². The molecule has 1 fully saturated rings. The van der Waals surface area contributed by atoms with Crippen LogP contribution in [0, 0.1) is 6.92 Å². The van der Waals surface area contributed by atoms with E-state index in [9.17, 15) is 15.0 Å². The van der Waals surface area contributed by atoms with Crippen molar-refractivity contribution < 1.29 is 15.0 Å². The number of hydrogen-bond acceptors (Lipinski definition) is 3. The van der Waals surface area contributed by atoms with E-state index < -0.39 is 6.10 Å². The number of phenols is 1. The molecule has 98 valence electrons. The van der Waals surface area contributed by atoms with E-state index in [-0.39, 0.29) is 17.7 Å². The molecule has 1 aliphatic rings. The number of aromatic hydroxyl groups is 1. The highest BCUT2D eigenvalue weighted by atomic mass is 16.3. The van der Waals surface area contributed by atoms with Gasteiger partial charge < -0.3 is 15.5 Å². The molecule has 2 atom stereocenters. The number of amides is 1. The van der Waals surface area contributed by atoms with Crippen molar-refractivity contribution >= 4 is 5.91 Å². The first-order chi connectivity index (χ1) is 8.58. The van der Waals surface area contributed by atoms with Gasteiger partial charge in [0.2, 0.25) is 0 Å². The maximum absolute atomic E-state index is 12.0. The second-order valence-corrected chi connectivity index (χ2v) is 4.93. The third kappa shape index (κ3) is 2.82. The Kier molecular flexibility index (Phi) is 3.87. The highest BCUT2D eigenvalue weighted by Crippen LogP contribution is 2.20.